The lowest BCUT2D eigenvalue weighted by Crippen LogP contribution is -2.60. The zero-order valence-electron chi connectivity index (χ0n) is 11.7. The standard InChI is InChI=1S/C16H22N2O2/c19-15(20)16(17-12-13-6-2-1-3-7-13)9-11-18-10-5-4-8-14(16)18/h1-3,6-7,14,17H,4-5,8-12H2,(H,19,20). The van der Waals surface area contributed by atoms with Gasteiger partial charge in [0, 0.05) is 19.1 Å². The topological polar surface area (TPSA) is 52.6 Å². The molecule has 2 heterocycles. The van der Waals surface area contributed by atoms with Gasteiger partial charge in [-0.3, -0.25) is 15.0 Å². The molecule has 108 valence electrons. The van der Waals surface area contributed by atoms with Crippen LogP contribution in [0.5, 0.6) is 0 Å². The minimum absolute atomic E-state index is 0.150. The molecule has 2 saturated heterocycles. The summed E-state index contributed by atoms with van der Waals surface area (Å²) in [5, 5.41) is 13.2. The van der Waals surface area contributed by atoms with Crippen LogP contribution in [0, 0.1) is 0 Å². The highest BCUT2D eigenvalue weighted by molar-refractivity contribution is 5.80. The highest BCUT2D eigenvalue weighted by atomic mass is 16.4. The molecule has 2 atom stereocenters. The van der Waals surface area contributed by atoms with Crippen molar-refractivity contribution in [2.24, 2.45) is 0 Å². The molecule has 2 N–H and O–H groups in total. The summed E-state index contributed by atoms with van der Waals surface area (Å²) >= 11 is 0. The van der Waals surface area contributed by atoms with Gasteiger partial charge in [-0.15, -0.1) is 0 Å². The lowest BCUT2D eigenvalue weighted by atomic mass is 9.85. The van der Waals surface area contributed by atoms with Crippen molar-refractivity contribution >= 4 is 5.97 Å². The first kappa shape index (κ1) is 13.6. The molecule has 3 rings (SSSR count). The van der Waals surface area contributed by atoms with E-state index in [2.05, 4.69) is 10.2 Å². The van der Waals surface area contributed by atoms with E-state index in [1.54, 1.807) is 0 Å². The number of fused-ring (bicyclic) bond motifs is 1. The molecule has 0 radical (unpaired) electrons. The summed E-state index contributed by atoms with van der Waals surface area (Å²) in [6.07, 6.45) is 4.04. The second kappa shape index (κ2) is 5.54. The Balaban J connectivity index is 1.77. The molecule has 0 bridgehead atoms. The Morgan fingerprint density at radius 3 is 2.85 bits per heavy atom. The molecule has 2 aliphatic heterocycles. The molecule has 4 nitrogen and oxygen atoms in total. The molecule has 2 aliphatic rings. The number of piperidine rings is 1. The van der Waals surface area contributed by atoms with Gasteiger partial charge in [0.2, 0.25) is 0 Å². The first-order valence-electron chi connectivity index (χ1n) is 7.49. The van der Waals surface area contributed by atoms with E-state index >= 15 is 0 Å². The zero-order valence-corrected chi connectivity index (χ0v) is 11.7. The van der Waals surface area contributed by atoms with Crippen LogP contribution in [0.4, 0.5) is 0 Å². The van der Waals surface area contributed by atoms with Crippen LogP contribution in [-0.2, 0) is 11.3 Å². The van der Waals surface area contributed by atoms with Gasteiger partial charge in [0.15, 0.2) is 0 Å². The van der Waals surface area contributed by atoms with Gasteiger partial charge in [0.1, 0.15) is 5.54 Å². The van der Waals surface area contributed by atoms with E-state index in [4.69, 9.17) is 0 Å². The maximum absolute atomic E-state index is 11.9. The van der Waals surface area contributed by atoms with E-state index in [9.17, 15) is 9.90 Å². The van der Waals surface area contributed by atoms with E-state index in [-0.39, 0.29) is 6.04 Å². The number of carbonyl (C=O) groups is 1. The van der Waals surface area contributed by atoms with Crippen molar-refractivity contribution in [1.82, 2.24) is 10.2 Å². The summed E-state index contributed by atoms with van der Waals surface area (Å²) in [5.41, 5.74) is 0.373. The SMILES string of the molecule is O=C(O)C1(NCc2ccccc2)CCN2CCCCC21. The maximum Gasteiger partial charge on any atom is 0.325 e. The Morgan fingerprint density at radius 1 is 1.30 bits per heavy atom. The third-order valence-corrected chi connectivity index (χ3v) is 4.81. The number of benzene rings is 1. The van der Waals surface area contributed by atoms with Crippen LogP contribution in [0.1, 0.15) is 31.2 Å². The van der Waals surface area contributed by atoms with Gasteiger partial charge in [-0.1, -0.05) is 36.8 Å². The number of carboxylic acid groups (broad SMARTS) is 1. The monoisotopic (exact) mass is 274 g/mol. The third-order valence-electron chi connectivity index (χ3n) is 4.81. The summed E-state index contributed by atoms with van der Waals surface area (Å²) in [7, 11) is 0. The molecule has 0 saturated carbocycles. The first-order valence-corrected chi connectivity index (χ1v) is 7.49. The van der Waals surface area contributed by atoms with Gasteiger partial charge in [0.05, 0.1) is 0 Å². The van der Waals surface area contributed by atoms with Crippen molar-refractivity contribution in [2.45, 2.75) is 43.8 Å². The van der Waals surface area contributed by atoms with Crippen molar-refractivity contribution in [3.8, 4) is 0 Å². The Morgan fingerprint density at radius 2 is 2.10 bits per heavy atom. The molecule has 2 fully saturated rings. The summed E-state index contributed by atoms with van der Waals surface area (Å²) in [6.45, 7) is 2.57. The second-order valence-electron chi connectivity index (χ2n) is 5.91. The fourth-order valence-corrected chi connectivity index (χ4v) is 3.69. The summed E-state index contributed by atoms with van der Waals surface area (Å²) in [5.74, 6) is -0.692. The largest absolute Gasteiger partial charge is 0.480 e. The Kier molecular flexibility index (Phi) is 3.76. The molecule has 4 heteroatoms. The molecular formula is C16H22N2O2. The molecule has 1 aromatic rings. The molecule has 0 aliphatic carbocycles. The molecule has 0 spiro atoms. The number of hydrogen-bond donors (Lipinski definition) is 2. The third kappa shape index (κ3) is 2.34. The number of rotatable bonds is 4. The molecule has 20 heavy (non-hydrogen) atoms. The Hall–Kier alpha value is -1.39. The van der Waals surface area contributed by atoms with Crippen molar-refractivity contribution in [2.75, 3.05) is 13.1 Å². The van der Waals surface area contributed by atoms with Crippen LogP contribution in [0.25, 0.3) is 0 Å². The lowest BCUT2D eigenvalue weighted by Gasteiger charge is -2.38. The van der Waals surface area contributed by atoms with Gasteiger partial charge in [0.25, 0.3) is 0 Å². The number of nitrogens with one attached hydrogen (secondary N) is 1. The van der Waals surface area contributed by atoms with Crippen LogP contribution in [0.2, 0.25) is 0 Å². The van der Waals surface area contributed by atoms with E-state index < -0.39 is 11.5 Å². The van der Waals surface area contributed by atoms with Crippen molar-refractivity contribution < 1.29 is 9.90 Å². The average Bonchev–Trinajstić information content (AvgIpc) is 2.87. The number of aliphatic carboxylic acids is 1. The van der Waals surface area contributed by atoms with E-state index in [0.717, 1.165) is 31.5 Å². The van der Waals surface area contributed by atoms with Crippen LogP contribution in [0.15, 0.2) is 30.3 Å². The average molecular weight is 274 g/mol. The first-order chi connectivity index (χ1) is 9.72. The summed E-state index contributed by atoms with van der Waals surface area (Å²) in [6, 6.07) is 10.2. The zero-order chi connectivity index (χ0) is 14.0. The van der Waals surface area contributed by atoms with Crippen molar-refractivity contribution in [3.63, 3.8) is 0 Å². The minimum Gasteiger partial charge on any atom is -0.480 e. The van der Waals surface area contributed by atoms with E-state index in [1.807, 2.05) is 30.3 Å². The van der Waals surface area contributed by atoms with E-state index in [1.165, 1.54) is 6.42 Å². The predicted octanol–water partition coefficient (Wildman–Crippen LogP) is 1.86. The maximum atomic E-state index is 11.9. The fraction of sp³-hybridized carbons (Fsp3) is 0.562. The van der Waals surface area contributed by atoms with Crippen LogP contribution < -0.4 is 5.32 Å². The molecule has 1 aromatic carbocycles. The van der Waals surface area contributed by atoms with Crippen molar-refractivity contribution in [3.05, 3.63) is 35.9 Å². The molecule has 0 amide bonds. The van der Waals surface area contributed by atoms with Crippen molar-refractivity contribution in [1.29, 1.82) is 0 Å². The second-order valence-corrected chi connectivity index (χ2v) is 5.91. The predicted molar refractivity (Wildman–Crippen MR) is 77.5 cm³/mol. The van der Waals surface area contributed by atoms with Crippen LogP contribution in [-0.4, -0.2) is 40.6 Å². The molecule has 2 unspecified atom stereocenters. The van der Waals surface area contributed by atoms with Gasteiger partial charge in [-0.2, -0.15) is 0 Å². The Labute approximate surface area is 119 Å². The number of nitrogens with zero attached hydrogens (tertiary/aromatic N) is 1. The highest BCUT2D eigenvalue weighted by Crippen LogP contribution is 2.35. The quantitative estimate of drug-likeness (QED) is 0.880. The lowest BCUT2D eigenvalue weighted by molar-refractivity contribution is -0.146. The Bertz CT molecular complexity index is 477. The minimum atomic E-state index is -0.768. The summed E-state index contributed by atoms with van der Waals surface area (Å²) < 4.78 is 0. The molecule has 0 aromatic heterocycles. The van der Waals surface area contributed by atoms with Crippen LogP contribution >= 0.6 is 0 Å². The van der Waals surface area contributed by atoms with Gasteiger partial charge in [-0.25, -0.2) is 0 Å². The van der Waals surface area contributed by atoms with Gasteiger partial charge in [-0.05, 0) is 31.4 Å². The van der Waals surface area contributed by atoms with Gasteiger partial charge < -0.3 is 5.11 Å². The van der Waals surface area contributed by atoms with E-state index in [0.29, 0.717) is 13.0 Å². The number of carboxylic acids is 1. The fourth-order valence-electron chi connectivity index (χ4n) is 3.69. The van der Waals surface area contributed by atoms with Crippen LogP contribution in [0.3, 0.4) is 0 Å². The number of hydrogen-bond acceptors (Lipinski definition) is 3. The summed E-state index contributed by atoms with van der Waals surface area (Å²) in [4.78, 5) is 14.3. The smallest absolute Gasteiger partial charge is 0.325 e. The highest BCUT2D eigenvalue weighted by Gasteiger charge is 2.53. The van der Waals surface area contributed by atoms with Gasteiger partial charge >= 0.3 is 5.97 Å². The molecular weight excluding hydrogens is 252 g/mol. The normalized spacial score (nSPS) is 30.1.